The van der Waals surface area contributed by atoms with Crippen LogP contribution in [0.5, 0.6) is 0 Å². The summed E-state index contributed by atoms with van der Waals surface area (Å²) in [6.45, 7) is 6.29. The van der Waals surface area contributed by atoms with Gasteiger partial charge in [-0.05, 0) is 109 Å². The van der Waals surface area contributed by atoms with Crippen molar-refractivity contribution in [3.05, 3.63) is 122 Å². The molecule has 0 heterocycles. The van der Waals surface area contributed by atoms with Crippen molar-refractivity contribution in [1.82, 2.24) is 0 Å². The lowest BCUT2D eigenvalue weighted by Gasteiger charge is -2.18. The smallest absolute Gasteiger partial charge is 0.306 e. The van der Waals surface area contributed by atoms with Gasteiger partial charge in [0.2, 0.25) is 0 Å². The lowest BCUT2D eigenvalue weighted by Crippen LogP contribution is -2.30. The van der Waals surface area contributed by atoms with E-state index in [1.807, 2.05) is 0 Å². The predicted octanol–water partition coefficient (Wildman–Crippen LogP) is 20.4. The third kappa shape index (κ3) is 58.6. The minimum absolute atomic E-state index is 0.0946. The van der Waals surface area contributed by atoms with Crippen LogP contribution in [-0.4, -0.2) is 37.2 Å². The minimum Gasteiger partial charge on any atom is -0.462 e. The van der Waals surface area contributed by atoms with Crippen LogP contribution >= 0.6 is 0 Å². The van der Waals surface area contributed by atoms with Crippen LogP contribution in [0.1, 0.15) is 265 Å². The monoisotopic (exact) mass is 1010 g/mol. The Balaban J connectivity index is 3.98. The lowest BCUT2D eigenvalue weighted by molar-refractivity contribution is -0.167. The zero-order chi connectivity index (χ0) is 52.9. The number of rotatable bonds is 53. The molecule has 0 spiro atoms. The molecule has 0 aliphatic carbocycles. The molecular formula is C67H110O6. The number of allylic oxidation sites excluding steroid dienone is 20. The molecule has 73 heavy (non-hydrogen) atoms. The van der Waals surface area contributed by atoms with Gasteiger partial charge in [-0.1, -0.05) is 258 Å². The topological polar surface area (TPSA) is 78.9 Å². The predicted molar refractivity (Wildman–Crippen MR) is 316 cm³/mol. The first-order valence-electron chi connectivity index (χ1n) is 30.0. The Morgan fingerprint density at radius 2 is 0.534 bits per heavy atom. The van der Waals surface area contributed by atoms with E-state index in [2.05, 4.69) is 142 Å². The molecule has 0 aliphatic rings. The van der Waals surface area contributed by atoms with E-state index in [4.69, 9.17) is 14.2 Å². The summed E-state index contributed by atoms with van der Waals surface area (Å²) in [5.74, 6) is -0.951. The molecule has 0 radical (unpaired) electrons. The Hall–Kier alpha value is -4.19. The van der Waals surface area contributed by atoms with Crippen molar-refractivity contribution in [3.8, 4) is 0 Å². The summed E-state index contributed by atoms with van der Waals surface area (Å²) < 4.78 is 16.7. The molecule has 0 aromatic rings. The van der Waals surface area contributed by atoms with E-state index in [1.165, 1.54) is 89.9 Å². The van der Waals surface area contributed by atoms with Crippen LogP contribution < -0.4 is 0 Å². The van der Waals surface area contributed by atoms with Gasteiger partial charge in [0.25, 0.3) is 0 Å². The van der Waals surface area contributed by atoms with Crippen LogP contribution in [0.4, 0.5) is 0 Å². The van der Waals surface area contributed by atoms with Gasteiger partial charge >= 0.3 is 17.9 Å². The molecule has 0 fully saturated rings. The highest BCUT2D eigenvalue weighted by molar-refractivity contribution is 5.71. The average molecular weight is 1010 g/mol. The largest absolute Gasteiger partial charge is 0.462 e. The van der Waals surface area contributed by atoms with Crippen LogP contribution in [0.2, 0.25) is 0 Å². The Labute approximate surface area is 450 Å². The second-order valence-electron chi connectivity index (χ2n) is 19.5. The molecule has 0 aromatic carbocycles. The van der Waals surface area contributed by atoms with E-state index in [1.54, 1.807) is 0 Å². The van der Waals surface area contributed by atoms with Gasteiger partial charge < -0.3 is 14.2 Å². The Morgan fingerprint density at radius 3 is 0.863 bits per heavy atom. The van der Waals surface area contributed by atoms with E-state index in [0.29, 0.717) is 19.3 Å². The highest BCUT2D eigenvalue weighted by Crippen LogP contribution is 2.16. The average Bonchev–Trinajstić information content (AvgIpc) is 3.39. The third-order valence-electron chi connectivity index (χ3n) is 12.5. The van der Waals surface area contributed by atoms with Crippen molar-refractivity contribution in [2.45, 2.75) is 271 Å². The van der Waals surface area contributed by atoms with Crippen molar-refractivity contribution in [2.24, 2.45) is 0 Å². The number of ether oxygens (including phenoxy) is 3. The van der Waals surface area contributed by atoms with Gasteiger partial charge in [-0.15, -0.1) is 0 Å². The number of hydrogen-bond acceptors (Lipinski definition) is 6. The Bertz CT molecular complexity index is 1540. The number of carbonyl (C=O) groups excluding carboxylic acids is 3. The van der Waals surface area contributed by atoms with Gasteiger partial charge in [0.05, 0.1) is 0 Å². The molecule has 0 N–H and O–H groups in total. The van der Waals surface area contributed by atoms with Crippen LogP contribution in [-0.2, 0) is 28.6 Å². The molecule has 0 saturated heterocycles. The summed E-state index contributed by atoms with van der Waals surface area (Å²) >= 11 is 0. The van der Waals surface area contributed by atoms with E-state index >= 15 is 0 Å². The number of esters is 3. The van der Waals surface area contributed by atoms with Gasteiger partial charge in [-0.2, -0.15) is 0 Å². The first kappa shape index (κ1) is 68.8. The fourth-order valence-electron chi connectivity index (χ4n) is 8.03. The number of unbranched alkanes of at least 4 members (excludes halogenated alkanes) is 22. The fraction of sp³-hybridized carbons (Fsp3) is 0.657. The summed E-state index contributed by atoms with van der Waals surface area (Å²) in [5.41, 5.74) is 0. The zero-order valence-corrected chi connectivity index (χ0v) is 47.4. The summed E-state index contributed by atoms with van der Waals surface area (Å²) in [7, 11) is 0. The molecule has 1 atom stereocenters. The van der Waals surface area contributed by atoms with Crippen molar-refractivity contribution in [2.75, 3.05) is 13.2 Å². The molecule has 0 bridgehead atoms. The van der Waals surface area contributed by atoms with Crippen molar-refractivity contribution < 1.29 is 28.6 Å². The number of hydrogen-bond donors (Lipinski definition) is 0. The van der Waals surface area contributed by atoms with Crippen molar-refractivity contribution in [3.63, 3.8) is 0 Å². The first-order chi connectivity index (χ1) is 36.0. The quantitative estimate of drug-likeness (QED) is 0.0261. The SMILES string of the molecule is CC/C=C\C/C=C\C/C=C\C/C=C\C/C=C\C/C=C\CCCCCCCCCCCCCCCCCCC(=O)OCC(COC(=O)CCCCCCC)OC(=O)CCCC/C=C\C/C=C\C/C=C\C/C=C\CC. The van der Waals surface area contributed by atoms with Crippen LogP contribution in [0, 0.1) is 0 Å². The normalized spacial score (nSPS) is 13.0. The summed E-state index contributed by atoms with van der Waals surface area (Å²) in [4.78, 5) is 37.8. The summed E-state index contributed by atoms with van der Waals surface area (Å²) in [6, 6.07) is 0. The van der Waals surface area contributed by atoms with Crippen LogP contribution in [0.25, 0.3) is 0 Å². The van der Waals surface area contributed by atoms with Gasteiger partial charge in [0.15, 0.2) is 6.10 Å². The summed E-state index contributed by atoms with van der Waals surface area (Å²) in [5, 5.41) is 0. The maximum Gasteiger partial charge on any atom is 0.306 e. The molecule has 1 unspecified atom stereocenters. The van der Waals surface area contributed by atoms with E-state index < -0.39 is 6.10 Å². The third-order valence-corrected chi connectivity index (χ3v) is 12.5. The molecule has 0 amide bonds. The summed E-state index contributed by atoms with van der Waals surface area (Å²) in [6.07, 6.45) is 84.1. The first-order valence-corrected chi connectivity index (χ1v) is 30.0. The molecule has 6 heteroatoms. The second-order valence-corrected chi connectivity index (χ2v) is 19.5. The van der Waals surface area contributed by atoms with Gasteiger partial charge in [0, 0.05) is 19.3 Å². The highest BCUT2D eigenvalue weighted by atomic mass is 16.6. The van der Waals surface area contributed by atoms with Crippen molar-refractivity contribution in [1.29, 1.82) is 0 Å². The van der Waals surface area contributed by atoms with E-state index in [-0.39, 0.29) is 37.5 Å². The molecule has 6 nitrogen and oxygen atoms in total. The van der Waals surface area contributed by atoms with Crippen LogP contribution in [0.15, 0.2) is 122 Å². The van der Waals surface area contributed by atoms with E-state index in [0.717, 1.165) is 128 Å². The van der Waals surface area contributed by atoms with Gasteiger partial charge in [-0.25, -0.2) is 0 Å². The molecule has 0 aliphatic heterocycles. The number of carbonyl (C=O) groups is 3. The molecular weight excluding hydrogens is 901 g/mol. The molecule has 0 aromatic heterocycles. The van der Waals surface area contributed by atoms with Gasteiger partial charge in [-0.3, -0.25) is 14.4 Å². The fourth-order valence-corrected chi connectivity index (χ4v) is 8.03. The standard InChI is InChI=1S/C67H110O6/c1-4-7-10-13-15-17-19-21-23-24-25-26-27-28-29-30-31-32-33-34-35-36-37-38-39-40-41-42-44-45-47-49-51-54-57-60-66(69)72-63-64(62-71-65(68)59-56-53-12-9-6-3)73-67(70)61-58-55-52-50-48-46-43-22-20-18-16-14-11-8-5-2/h7-8,10-11,15-18,21-23,25-26,28-29,31-32,43,48,50,64H,4-6,9,12-14,19-20,24,27,30,33-42,44-47,49,51-63H2,1-3H3/b10-7-,11-8-,17-15-,18-16-,23-21-,26-25-,29-28-,32-31-,43-22-,50-48-. The van der Waals surface area contributed by atoms with Crippen molar-refractivity contribution >= 4 is 17.9 Å². The van der Waals surface area contributed by atoms with Crippen LogP contribution in [0.3, 0.4) is 0 Å². The maximum atomic E-state index is 12.7. The minimum atomic E-state index is -0.796. The zero-order valence-electron chi connectivity index (χ0n) is 47.4. The highest BCUT2D eigenvalue weighted by Gasteiger charge is 2.19. The molecule has 414 valence electrons. The Morgan fingerprint density at radius 1 is 0.288 bits per heavy atom. The second kappa shape index (κ2) is 60.4. The Kier molecular flexibility index (Phi) is 56.9. The molecule has 0 rings (SSSR count). The van der Waals surface area contributed by atoms with E-state index in [9.17, 15) is 14.4 Å². The molecule has 0 saturated carbocycles. The lowest BCUT2D eigenvalue weighted by atomic mass is 10.0. The van der Waals surface area contributed by atoms with Gasteiger partial charge in [0.1, 0.15) is 13.2 Å². The maximum absolute atomic E-state index is 12.7.